The number of anilines is 1. The molecule has 1 amide bonds. The SMILES string of the molecule is Cc1c(Cl)c(C(F)(F)F)nn1C(C)C(=O)Nc1cnn(C2C=CC(F)=CC2C)c1C(C)C. The summed E-state index contributed by atoms with van der Waals surface area (Å²) in [6, 6.07) is -1.30. The van der Waals surface area contributed by atoms with Gasteiger partial charge in [0.05, 0.1) is 34.3 Å². The first-order chi connectivity index (χ1) is 14.8. The van der Waals surface area contributed by atoms with Gasteiger partial charge in [0.2, 0.25) is 5.91 Å². The number of aromatic nitrogens is 4. The van der Waals surface area contributed by atoms with Gasteiger partial charge in [-0.3, -0.25) is 14.2 Å². The van der Waals surface area contributed by atoms with E-state index in [2.05, 4.69) is 15.5 Å². The van der Waals surface area contributed by atoms with Crippen LogP contribution in [0.2, 0.25) is 5.02 Å². The Morgan fingerprint density at radius 2 is 1.94 bits per heavy atom. The van der Waals surface area contributed by atoms with Crippen LogP contribution in [-0.4, -0.2) is 25.5 Å². The normalized spacial score (nSPS) is 19.9. The Morgan fingerprint density at radius 3 is 2.47 bits per heavy atom. The van der Waals surface area contributed by atoms with Crippen molar-refractivity contribution < 1.29 is 22.4 Å². The molecule has 0 radical (unpaired) electrons. The molecule has 3 atom stereocenters. The Hall–Kier alpha value is -2.62. The summed E-state index contributed by atoms with van der Waals surface area (Å²) < 4.78 is 55.6. The first-order valence-corrected chi connectivity index (χ1v) is 10.5. The highest BCUT2D eigenvalue weighted by Crippen LogP contribution is 2.37. The second kappa shape index (κ2) is 8.73. The Labute approximate surface area is 187 Å². The number of carbonyl (C=O) groups excluding carboxylic acids is 1. The van der Waals surface area contributed by atoms with E-state index in [0.717, 1.165) is 4.68 Å². The van der Waals surface area contributed by atoms with Crippen LogP contribution in [0.15, 0.2) is 30.3 Å². The molecule has 1 aliphatic carbocycles. The molecule has 0 spiro atoms. The molecule has 3 unspecified atom stereocenters. The average Bonchev–Trinajstić information content (AvgIpc) is 3.22. The van der Waals surface area contributed by atoms with Crippen molar-refractivity contribution in [1.29, 1.82) is 0 Å². The molecule has 32 heavy (non-hydrogen) atoms. The number of rotatable bonds is 5. The van der Waals surface area contributed by atoms with Crippen LogP contribution in [0, 0.1) is 12.8 Å². The van der Waals surface area contributed by atoms with Crippen LogP contribution in [0.4, 0.5) is 23.2 Å². The van der Waals surface area contributed by atoms with Gasteiger partial charge in [-0.25, -0.2) is 4.39 Å². The van der Waals surface area contributed by atoms with Crippen molar-refractivity contribution in [3.8, 4) is 0 Å². The fraction of sp³-hybridized carbons (Fsp3) is 0.476. The van der Waals surface area contributed by atoms with E-state index < -0.39 is 28.8 Å². The van der Waals surface area contributed by atoms with E-state index in [-0.39, 0.29) is 29.4 Å². The molecular weight excluding hydrogens is 450 g/mol. The van der Waals surface area contributed by atoms with E-state index in [1.807, 2.05) is 20.8 Å². The highest BCUT2D eigenvalue weighted by molar-refractivity contribution is 6.32. The van der Waals surface area contributed by atoms with Crippen LogP contribution in [0.1, 0.15) is 62.8 Å². The molecule has 0 saturated heterocycles. The van der Waals surface area contributed by atoms with E-state index in [1.165, 1.54) is 32.2 Å². The third-order valence-corrected chi connectivity index (χ3v) is 5.88. The van der Waals surface area contributed by atoms with Gasteiger partial charge in [-0.2, -0.15) is 23.4 Å². The molecule has 174 valence electrons. The van der Waals surface area contributed by atoms with Gasteiger partial charge in [-0.1, -0.05) is 38.4 Å². The number of alkyl halides is 3. The van der Waals surface area contributed by atoms with Crippen molar-refractivity contribution in [1.82, 2.24) is 19.6 Å². The molecule has 0 bridgehead atoms. The third kappa shape index (κ3) is 4.46. The molecule has 3 rings (SSSR count). The Balaban J connectivity index is 1.89. The molecule has 2 aromatic rings. The summed E-state index contributed by atoms with van der Waals surface area (Å²) in [4.78, 5) is 12.9. The zero-order valence-corrected chi connectivity index (χ0v) is 19.0. The summed E-state index contributed by atoms with van der Waals surface area (Å²) in [6.07, 6.45) is 1.34. The summed E-state index contributed by atoms with van der Waals surface area (Å²) in [5.74, 6) is -1.09. The molecule has 0 saturated carbocycles. The van der Waals surface area contributed by atoms with E-state index in [1.54, 1.807) is 10.8 Å². The fourth-order valence-electron chi connectivity index (χ4n) is 3.76. The summed E-state index contributed by atoms with van der Waals surface area (Å²) in [6.45, 7) is 8.52. The predicted octanol–water partition coefficient (Wildman–Crippen LogP) is 5.98. The minimum Gasteiger partial charge on any atom is -0.321 e. The maximum absolute atomic E-state index is 13.5. The third-order valence-electron chi connectivity index (χ3n) is 5.43. The van der Waals surface area contributed by atoms with Crippen LogP contribution in [0.5, 0.6) is 0 Å². The topological polar surface area (TPSA) is 64.7 Å². The van der Waals surface area contributed by atoms with Crippen molar-refractivity contribution in [3.63, 3.8) is 0 Å². The van der Waals surface area contributed by atoms with Gasteiger partial charge in [0.25, 0.3) is 0 Å². The Bertz CT molecular complexity index is 1080. The average molecular weight is 474 g/mol. The minimum atomic E-state index is -4.73. The molecule has 11 heteroatoms. The number of hydrogen-bond acceptors (Lipinski definition) is 3. The van der Waals surface area contributed by atoms with Gasteiger partial charge in [-0.05, 0) is 31.9 Å². The Morgan fingerprint density at radius 1 is 1.28 bits per heavy atom. The summed E-state index contributed by atoms with van der Waals surface area (Å²) in [7, 11) is 0. The molecular formula is C21H24ClF4N5O. The quantitative estimate of drug-likeness (QED) is 0.543. The van der Waals surface area contributed by atoms with Gasteiger partial charge >= 0.3 is 6.18 Å². The van der Waals surface area contributed by atoms with Crippen LogP contribution in [-0.2, 0) is 11.0 Å². The van der Waals surface area contributed by atoms with Crippen molar-refractivity contribution >= 4 is 23.2 Å². The van der Waals surface area contributed by atoms with E-state index in [9.17, 15) is 22.4 Å². The Kier molecular flexibility index (Phi) is 6.55. The van der Waals surface area contributed by atoms with Crippen LogP contribution in [0.25, 0.3) is 0 Å². The van der Waals surface area contributed by atoms with Crippen LogP contribution >= 0.6 is 11.6 Å². The van der Waals surface area contributed by atoms with Gasteiger partial charge in [-0.15, -0.1) is 0 Å². The predicted molar refractivity (Wildman–Crippen MR) is 113 cm³/mol. The summed E-state index contributed by atoms with van der Waals surface area (Å²) in [5, 5.41) is 10.1. The smallest absolute Gasteiger partial charge is 0.321 e. The summed E-state index contributed by atoms with van der Waals surface area (Å²) >= 11 is 5.80. The standard InChI is InChI=1S/C21H24ClF4N5O/c1-10(2)18-15(9-27-31(18)16-7-6-14(23)8-11(16)3)28-20(32)13(5)30-12(4)17(22)19(29-30)21(24,25)26/h6-11,13,16H,1-5H3,(H,28,32). The minimum absolute atomic E-state index is 0.0383. The lowest BCUT2D eigenvalue weighted by Gasteiger charge is -2.25. The van der Waals surface area contributed by atoms with Crippen LogP contribution in [0.3, 0.4) is 0 Å². The molecule has 0 aliphatic heterocycles. The number of nitrogens with zero attached hydrogens (tertiary/aromatic N) is 4. The van der Waals surface area contributed by atoms with Gasteiger partial charge in [0.1, 0.15) is 11.9 Å². The lowest BCUT2D eigenvalue weighted by Crippen LogP contribution is -2.26. The maximum atomic E-state index is 13.5. The second-order valence-electron chi connectivity index (χ2n) is 8.16. The highest BCUT2D eigenvalue weighted by atomic mass is 35.5. The maximum Gasteiger partial charge on any atom is 0.436 e. The molecule has 2 heterocycles. The molecule has 1 N–H and O–H groups in total. The van der Waals surface area contributed by atoms with Gasteiger partial charge in [0.15, 0.2) is 5.69 Å². The van der Waals surface area contributed by atoms with Crippen molar-refractivity contribution in [3.05, 3.63) is 52.4 Å². The zero-order chi connectivity index (χ0) is 24.0. The zero-order valence-electron chi connectivity index (χ0n) is 18.2. The first kappa shape index (κ1) is 24.0. The molecule has 1 aliphatic rings. The summed E-state index contributed by atoms with van der Waals surface area (Å²) in [5.41, 5.74) is -0.0462. The van der Waals surface area contributed by atoms with Crippen LogP contribution < -0.4 is 5.32 Å². The van der Waals surface area contributed by atoms with Crippen molar-refractivity contribution in [2.45, 2.75) is 58.8 Å². The van der Waals surface area contributed by atoms with E-state index >= 15 is 0 Å². The molecule has 0 aromatic carbocycles. The molecule has 0 fully saturated rings. The number of carbonyl (C=O) groups is 1. The van der Waals surface area contributed by atoms with Gasteiger partial charge in [0, 0.05) is 5.92 Å². The lowest BCUT2D eigenvalue weighted by molar-refractivity contribution is -0.141. The number of nitrogens with one attached hydrogen (secondary N) is 1. The van der Waals surface area contributed by atoms with Gasteiger partial charge < -0.3 is 5.32 Å². The second-order valence-corrected chi connectivity index (χ2v) is 8.54. The monoisotopic (exact) mass is 473 g/mol. The highest BCUT2D eigenvalue weighted by Gasteiger charge is 2.39. The molecule has 6 nitrogen and oxygen atoms in total. The number of halogens is 5. The fourth-order valence-corrected chi connectivity index (χ4v) is 3.99. The number of hydrogen-bond donors (Lipinski definition) is 1. The largest absolute Gasteiger partial charge is 0.436 e. The first-order valence-electron chi connectivity index (χ1n) is 10.1. The van der Waals surface area contributed by atoms with Crippen molar-refractivity contribution in [2.24, 2.45) is 5.92 Å². The van der Waals surface area contributed by atoms with E-state index in [0.29, 0.717) is 11.4 Å². The lowest BCUT2D eigenvalue weighted by atomic mass is 9.96. The molecule has 2 aromatic heterocycles. The number of amides is 1. The number of allylic oxidation sites excluding steroid dienone is 4. The van der Waals surface area contributed by atoms with Crippen molar-refractivity contribution in [2.75, 3.05) is 5.32 Å². The van der Waals surface area contributed by atoms with E-state index in [4.69, 9.17) is 11.6 Å².